The van der Waals surface area contributed by atoms with Crippen molar-refractivity contribution in [1.82, 2.24) is 15.0 Å². The van der Waals surface area contributed by atoms with E-state index in [2.05, 4.69) is 15.0 Å². The highest BCUT2D eigenvalue weighted by atomic mass is 15.0. The van der Waals surface area contributed by atoms with Crippen LogP contribution in [0.1, 0.15) is 18.8 Å². The molecule has 12 heavy (non-hydrogen) atoms. The molecule has 2 aromatic rings. The van der Waals surface area contributed by atoms with E-state index in [1.54, 1.807) is 6.20 Å². The minimum Gasteiger partial charge on any atom is -0.339 e. The second kappa shape index (κ2) is 2.57. The molecule has 0 amide bonds. The summed E-state index contributed by atoms with van der Waals surface area (Å²) in [6.45, 7) is 1.89. The zero-order chi connectivity index (χ0) is 8.55. The molecule has 0 aromatic carbocycles. The second-order valence-corrected chi connectivity index (χ2v) is 2.79. The van der Waals surface area contributed by atoms with Crippen LogP contribution in [-0.4, -0.2) is 15.0 Å². The van der Waals surface area contributed by atoms with Crippen molar-refractivity contribution in [2.45, 2.75) is 13.0 Å². The summed E-state index contributed by atoms with van der Waals surface area (Å²) in [5.74, 6) is 0.781. The smallest absolute Gasteiger partial charge is 0.177 e. The molecular formula is C8H10N4. The fraction of sp³-hybridized carbons (Fsp3) is 0.250. The molecule has 0 bridgehead atoms. The Morgan fingerprint density at radius 1 is 1.58 bits per heavy atom. The van der Waals surface area contributed by atoms with Crippen LogP contribution in [0.15, 0.2) is 18.3 Å². The molecule has 0 aliphatic heterocycles. The molecule has 0 aliphatic carbocycles. The van der Waals surface area contributed by atoms with E-state index >= 15 is 0 Å². The number of H-pyrrole nitrogens is 1. The van der Waals surface area contributed by atoms with Gasteiger partial charge >= 0.3 is 0 Å². The van der Waals surface area contributed by atoms with E-state index in [1.165, 1.54) is 0 Å². The summed E-state index contributed by atoms with van der Waals surface area (Å²) in [5.41, 5.74) is 7.32. The predicted octanol–water partition coefficient (Wildman–Crippen LogP) is 0.978. The quantitative estimate of drug-likeness (QED) is 0.656. The molecule has 4 nitrogen and oxygen atoms in total. The third-order valence-electron chi connectivity index (χ3n) is 1.71. The van der Waals surface area contributed by atoms with Crippen LogP contribution >= 0.6 is 0 Å². The average molecular weight is 162 g/mol. The van der Waals surface area contributed by atoms with Gasteiger partial charge in [0.25, 0.3) is 0 Å². The number of nitrogens with two attached hydrogens (primary N) is 1. The van der Waals surface area contributed by atoms with Crippen molar-refractivity contribution in [3.05, 3.63) is 24.2 Å². The van der Waals surface area contributed by atoms with E-state index in [-0.39, 0.29) is 6.04 Å². The van der Waals surface area contributed by atoms with Crippen LogP contribution in [0.25, 0.3) is 11.2 Å². The van der Waals surface area contributed by atoms with Crippen molar-refractivity contribution in [3.8, 4) is 0 Å². The van der Waals surface area contributed by atoms with Gasteiger partial charge in [0.05, 0.1) is 11.6 Å². The van der Waals surface area contributed by atoms with Crippen molar-refractivity contribution < 1.29 is 0 Å². The van der Waals surface area contributed by atoms with Crippen LogP contribution in [0.4, 0.5) is 0 Å². The molecule has 0 spiro atoms. The lowest BCUT2D eigenvalue weighted by molar-refractivity contribution is 0.759. The van der Waals surface area contributed by atoms with Gasteiger partial charge in [0, 0.05) is 6.20 Å². The first kappa shape index (κ1) is 7.24. The van der Waals surface area contributed by atoms with Crippen LogP contribution in [0.3, 0.4) is 0 Å². The molecule has 0 saturated heterocycles. The normalized spacial score (nSPS) is 13.5. The first-order valence-electron chi connectivity index (χ1n) is 3.83. The van der Waals surface area contributed by atoms with Crippen molar-refractivity contribution in [3.63, 3.8) is 0 Å². The van der Waals surface area contributed by atoms with Gasteiger partial charge in [-0.1, -0.05) is 0 Å². The molecule has 62 valence electrons. The third kappa shape index (κ3) is 1.06. The topological polar surface area (TPSA) is 67.6 Å². The number of imidazole rings is 1. The number of fused-ring (bicyclic) bond motifs is 1. The van der Waals surface area contributed by atoms with E-state index in [9.17, 15) is 0 Å². The number of aromatic amines is 1. The van der Waals surface area contributed by atoms with Crippen molar-refractivity contribution in [2.75, 3.05) is 0 Å². The number of hydrogen-bond acceptors (Lipinski definition) is 3. The number of aromatic nitrogens is 3. The standard InChI is InChI=1S/C8H10N4/c1-5(9)7-11-6-3-2-4-10-8(6)12-7/h2-5H,9H2,1H3,(H,10,11,12). The summed E-state index contributed by atoms with van der Waals surface area (Å²) in [6, 6.07) is 3.73. The van der Waals surface area contributed by atoms with E-state index in [4.69, 9.17) is 5.73 Å². The Balaban J connectivity index is 2.62. The maximum Gasteiger partial charge on any atom is 0.177 e. The summed E-state index contributed by atoms with van der Waals surface area (Å²) >= 11 is 0. The van der Waals surface area contributed by atoms with E-state index in [0.717, 1.165) is 17.0 Å². The van der Waals surface area contributed by atoms with Gasteiger partial charge in [0.1, 0.15) is 5.82 Å². The van der Waals surface area contributed by atoms with Gasteiger partial charge in [0.2, 0.25) is 0 Å². The van der Waals surface area contributed by atoms with Gasteiger partial charge in [-0.05, 0) is 19.1 Å². The first-order chi connectivity index (χ1) is 5.77. The van der Waals surface area contributed by atoms with Gasteiger partial charge in [-0.3, -0.25) is 0 Å². The van der Waals surface area contributed by atoms with E-state index in [1.807, 2.05) is 19.1 Å². The van der Waals surface area contributed by atoms with Crippen LogP contribution in [0.2, 0.25) is 0 Å². The molecule has 2 aromatic heterocycles. The molecule has 2 rings (SSSR count). The molecule has 4 heteroatoms. The van der Waals surface area contributed by atoms with Crippen molar-refractivity contribution >= 4 is 11.2 Å². The van der Waals surface area contributed by atoms with Crippen molar-refractivity contribution in [2.24, 2.45) is 5.73 Å². The van der Waals surface area contributed by atoms with E-state index < -0.39 is 0 Å². The van der Waals surface area contributed by atoms with Gasteiger partial charge in [-0.15, -0.1) is 0 Å². The van der Waals surface area contributed by atoms with Gasteiger partial charge < -0.3 is 10.7 Å². The Labute approximate surface area is 69.8 Å². The van der Waals surface area contributed by atoms with E-state index in [0.29, 0.717) is 0 Å². The lowest BCUT2D eigenvalue weighted by atomic mass is 10.3. The average Bonchev–Trinajstić information content (AvgIpc) is 2.46. The molecule has 2 heterocycles. The first-order valence-corrected chi connectivity index (χ1v) is 3.83. The maximum absolute atomic E-state index is 5.66. The van der Waals surface area contributed by atoms with Gasteiger partial charge in [-0.2, -0.15) is 0 Å². The monoisotopic (exact) mass is 162 g/mol. The fourth-order valence-corrected chi connectivity index (χ4v) is 1.08. The Kier molecular flexibility index (Phi) is 1.55. The zero-order valence-corrected chi connectivity index (χ0v) is 6.78. The second-order valence-electron chi connectivity index (χ2n) is 2.79. The number of nitrogens with zero attached hydrogens (tertiary/aromatic N) is 2. The van der Waals surface area contributed by atoms with Gasteiger partial charge in [0.15, 0.2) is 5.65 Å². The highest BCUT2D eigenvalue weighted by Gasteiger charge is 2.05. The summed E-state index contributed by atoms with van der Waals surface area (Å²) < 4.78 is 0. The number of hydrogen-bond donors (Lipinski definition) is 2. The lowest BCUT2D eigenvalue weighted by Gasteiger charge is -1.96. The third-order valence-corrected chi connectivity index (χ3v) is 1.71. The van der Waals surface area contributed by atoms with Crippen molar-refractivity contribution in [1.29, 1.82) is 0 Å². The molecular weight excluding hydrogens is 152 g/mol. The minimum absolute atomic E-state index is 0.0702. The molecule has 3 N–H and O–H groups in total. The summed E-state index contributed by atoms with van der Waals surface area (Å²) in [5, 5.41) is 0. The van der Waals surface area contributed by atoms with Crippen LogP contribution in [-0.2, 0) is 0 Å². The lowest BCUT2D eigenvalue weighted by Crippen LogP contribution is -2.06. The van der Waals surface area contributed by atoms with Crippen LogP contribution in [0.5, 0.6) is 0 Å². The molecule has 0 radical (unpaired) electrons. The summed E-state index contributed by atoms with van der Waals surface area (Å²) in [4.78, 5) is 11.4. The number of nitrogens with one attached hydrogen (secondary N) is 1. The summed E-state index contributed by atoms with van der Waals surface area (Å²) in [6.07, 6.45) is 1.72. The largest absolute Gasteiger partial charge is 0.339 e. The fourth-order valence-electron chi connectivity index (χ4n) is 1.08. The number of pyridine rings is 1. The SMILES string of the molecule is CC(N)c1nc2ncccc2[nH]1. The highest BCUT2D eigenvalue weighted by molar-refractivity contribution is 5.69. The van der Waals surface area contributed by atoms with Crippen LogP contribution < -0.4 is 5.73 Å². The Morgan fingerprint density at radius 2 is 2.42 bits per heavy atom. The predicted molar refractivity (Wildman–Crippen MR) is 46.5 cm³/mol. The highest BCUT2D eigenvalue weighted by Crippen LogP contribution is 2.11. The Morgan fingerprint density at radius 3 is 3.08 bits per heavy atom. The summed E-state index contributed by atoms with van der Waals surface area (Å²) in [7, 11) is 0. The van der Waals surface area contributed by atoms with Crippen LogP contribution in [0, 0.1) is 0 Å². The molecule has 0 aliphatic rings. The Hall–Kier alpha value is -1.42. The Bertz CT molecular complexity index is 358. The molecule has 0 fully saturated rings. The maximum atomic E-state index is 5.66. The molecule has 1 atom stereocenters. The zero-order valence-electron chi connectivity index (χ0n) is 6.78. The molecule has 0 saturated carbocycles. The van der Waals surface area contributed by atoms with Gasteiger partial charge in [-0.25, -0.2) is 9.97 Å². The molecule has 1 unspecified atom stereocenters. The number of rotatable bonds is 1. The minimum atomic E-state index is -0.0702.